The number of nitrogens with zero attached hydrogens (tertiary/aromatic N) is 4. The van der Waals surface area contributed by atoms with Gasteiger partial charge in [0.05, 0.1) is 6.54 Å². The maximum Gasteiger partial charge on any atom is 0.194 e. The van der Waals surface area contributed by atoms with E-state index in [0.717, 1.165) is 30.6 Å². The van der Waals surface area contributed by atoms with Crippen LogP contribution in [0.25, 0.3) is 0 Å². The van der Waals surface area contributed by atoms with Crippen LogP contribution in [0.2, 0.25) is 0 Å². The predicted octanol–water partition coefficient (Wildman–Crippen LogP) is 1.70. The Kier molecular flexibility index (Phi) is 4.75. The molecule has 21 heavy (non-hydrogen) atoms. The Hall–Kier alpha value is -1.14. The minimum Gasteiger partial charge on any atom is -0.350 e. The fourth-order valence-corrected chi connectivity index (χ4v) is 4.04. The molecule has 1 unspecified atom stereocenters. The normalized spacial score (nSPS) is 24.0. The molecule has 2 aliphatic heterocycles. The van der Waals surface area contributed by atoms with Crippen LogP contribution < -0.4 is 5.32 Å². The van der Waals surface area contributed by atoms with Gasteiger partial charge in [-0.05, 0) is 39.3 Å². The Morgan fingerprint density at radius 1 is 1.43 bits per heavy atom. The summed E-state index contributed by atoms with van der Waals surface area (Å²) in [5.74, 6) is 1.02. The molecule has 0 spiro atoms. The number of aryl methyl sites for hydroxylation is 1. The third-order valence-electron chi connectivity index (χ3n) is 4.40. The lowest BCUT2D eigenvalue weighted by Crippen LogP contribution is -2.42. The van der Waals surface area contributed by atoms with Gasteiger partial charge in [-0.1, -0.05) is 0 Å². The molecule has 3 rings (SSSR count). The Morgan fingerprint density at radius 3 is 2.90 bits per heavy atom. The second-order valence-electron chi connectivity index (χ2n) is 5.90. The third-order valence-corrected chi connectivity index (χ3v) is 5.31. The van der Waals surface area contributed by atoms with Crippen molar-refractivity contribution < 1.29 is 0 Å². The van der Waals surface area contributed by atoms with Gasteiger partial charge in [0.25, 0.3) is 0 Å². The van der Waals surface area contributed by atoms with Crippen LogP contribution in [0.15, 0.2) is 11.2 Å². The van der Waals surface area contributed by atoms with Gasteiger partial charge in [0.15, 0.2) is 5.96 Å². The van der Waals surface area contributed by atoms with Crippen molar-refractivity contribution in [2.45, 2.75) is 38.8 Å². The van der Waals surface area contributed by atoms with E-state index in [9.17, 15) is 0 Å². The third kappa shape index (κ3) is 3.55. The van der Waals surface area contributed by atoms with Gasteiger partial charge in [0, 0.05) is 37.3 Å². The van der Waals surface area contributed by atoms with Gasteiger partial charge in [-0.15, -0.1) is 11.3 Å². The molecule has 1 aromatic rings. The van der Waals surface area contributed by atoms with Crippen LogP contribution in [0.3, 0.4) is 0 Å². The van der Waals surface area contributed by atoms with Crippen molar-refractivity contribution >= 4 is 17.3 Å². The van der Waals surface area contributed by atoms with Crippen LogP contribution in [-0.4, -0.2) is 60.0 Å². The molecule has 0 aliphatic carbocycles. The number of hydrogen-bond acceptors (Lipinski definition) is 4. The van der Waals surface area contributed by atoms with E-state index in [1.54, 1.807) is 11.3 Å². The molecule has 1 aromatic heterocycles. The van der Waals surface area contributed by atoms with Gasteiger partial charge in [0.2, 0.25) is 0 Å². The molecule has 0 saturated carbocycles. The Balaban J connectivity index is 1.52. The molecule has 5 nitrogen and oxygen atoms in total. The van der Waals surface area contributed by atoms with Gasteiger partial charge < -0.3 is 10.2 Å². The Labute approximate surface area is 131 Å². The summed E-state index contributed by atoms with van der Waals surface area (Å²) in [4.78, 5) is 15.1. The van der Waals surface area contributed by atoms with E-state index < -0.39 is 0 Å². The minimum absolute atomic E-state index is 0.716. The second-order valence-corrected chi connectivity index (χ2v) is 7.22. The Morgan fingerprint density at radius 2 is 2.24 bits per heavy atom. The zero-order valence-electron chi connectivity index (χ0n) is 13.0. The summed E-state index contributed by atoms with van der Waals surface area (Å²) in [5, 5.41) is 4.59. The average Bonchev–Trinajstić information content (AvgIpc) is 3.19. The van der Waals surface area contributed by atoms with E-state index in [1.807, 2.05) is 13.2 Å². The lowest BCUT2D eigenvalue weighted by molar-refractivity contribution is 0.249. The molecule has 2 aliphatic rings. The standard InChI is InChI=1S/C15H25N5S/c1-12-9-17-14(21-12)10-18-15(16-2)20-8-5-13(11-20)19-6-3-4-7-19/h9,13H,3-8,10-11H2,1-2H3,(H,16,18). The van der Waals surface area contributed by atoms with E-state index >= 15 is 0 Å². The first kappa shape index (κ1) is 14.8. The molecule has 2 saturated heterocycles. The highest BCUT2D eigenvalue weighted by Crippen LogP contribution is 2.20. The maximum atomic E-state index is 4.44. The molecule has 2 fully saturated rings. The van der Waals surface area contributed by atoms with Crippen molar-refractivity contribution in [3.05, 3.63) is 16.1 Å². The summed E-state index contributed by atoms with van der Waals surface area (Å²) in [7, 11) is 1.87. The predicted molar refractivity (Wildman–Crippen MR) is 87.8 cm³/mol. The Bertz CT molecular complexity index is 492. The van der Waals surface area contributed by atoms with Gasteiger partial charge in [-0.3, -0.25) is 9.89 Å². The molecule has 0 aromatic carbocycles. The number of aliphatic imine (C=N–C) groups is 1. The van der Waals surface area contributed by atoms with Gasteiger partial charge in [-0.25, -0.2) is 4.98 Å². The van der Waals surface area contributed by atoms with E-state index in [-0.39, 0.29) is 0 Å². The molecule has 0 bridgehead atoms. The number of thiazole rings is 1. The average molecular weight is 307 g/mol. The second kappa shape index (κ2) is 6.75. The maximum absolute atomic E-state index is 4.44. The molecule has 116 valence electrons. The van der Waals surface area contributed by atoms with Crippen molar-refractivity contribution in [1.29, 1.82) is 0 Å². The topological polar surface area (TPSA) is 43.8 Å². The van der Waals surface area contributed by atoms with E-state index in [1.165, 1.54) is 37.2 Å². The number of nitrogens with one attached hydrogen (secondary N) is 1. The zero-order valence-corrected chi connectivity index (χ0v) is 13.8. The minimum atomic E-state index is 0.716. The summed E-state index contributed by atoms with van der Waals surface area (Å²) < 4.78 is 0. The van der Waals surface area contributed by atoms with Crippen molar-refractivity contribution in [1.82, 2.24) is 20.1 Å². The monoisotopic (exact) mass is 307 g/mol. The number of guanidine groups is 1. The molecule has 1 N–H and O–H groups in total. The first-order valence-corrected chi connectivity index (χ1v) is 8.69. The molecule has 3 heterocycles. The van der Waals surface area contributed by atoms with E-state index in [0.29, 0.717) is 6.04 Å². The largest absolute Gasteiger partial charge is 0.350 e. The zero-order chi connectivity index (χ0) is 14.7. The fraction of sp³-hybridized carbons (Fsp3) is 0.733. The number of likely N-dealkylation sites (tertiary alicyclic amines) is 2. The van der Waals surface area contributed by atoms with Crippen molar-refractivity contribution in [3.8, 4) is 0 Å². The van der Waals surface area contributed by atoms with Crippen LogP contribution in [-0.2, 0) is 6.54 Å². The van der Waals surface area contributed by atoms with E-state index in [4.69, 9.17) is 0 Å². The molecule has 1 atom stereocenters. The molecule has 6 heteroatoms. The van der Waals surface area contributed by atoms with Crippen LogP contribution in [0.1, 0.15) is 29.1 Å². The molecular weight excluding hydrogens is 282 g/mol. The van der Waals surface area contributed by atoms with Crippen molar-refractivity contribution in [2.75, 3.05) is 33.2 Å². The quantitative estimate of drug-likeness (QED) is 0.682. The first-order chi connectivity index (χ1) is 10.3. The summed E-state index contributed by atoms with van der Waals surface area (Å²) in [6.45, 7) is 7.65. The summed E-state index contributed by atoms with van der Waals surface area (Å²) in [5.41, 5.74) is 0. The smallest absolute Gasteiger partial charge is 0.194 e. The van der Waals surface area contributed by atoms with Crippen molar-refractivity contribution in [2.24, 2.45) is 4.99 Å². The highest BCUT2D eigenvalue weighted by atomic mass is 32.1. The highest BCUT2D eigenvalue weighted by Gasteiger charge is 2.30. The SMILES string of the molecule is CN=C(NCc1ncc(C)s1)N1CCC(N2CCCC2)C1. The van der Waals surface area contributed by atoms with Gasteiger partial charge in [-0.2, -0.15) is 0 Å². The molecule has 0 radical (unpaired) electrons. The van der Waals surface area contributed by atoms with Gasteiger partial charge in [0.1, 0.15) is 5.01 Å². The summed E-state index contributed by atoms with van der Waals surface area (Å²) in [6.07, 6.45) is 5.93. The van der Waals surface area contributed by atoms with Gasteiger partial charge >= 0.3 is 0 Å². The van der Waals surface area contributed by atoms with Crippen LogP contribution in [0.4, 0.5) is 0 Å². The lowest BCUT2D eigenvalue weighted by atomic mass is 10.2. The number of hydrogen-bond donors (Lipinski definition) is 1. The first-order valence-electron chi connectivity index (χ1n) is 7.87. The number of aromatic nitrogens is 1. The van der Waals surface area contributed by atoms with Crippen LogP contribution in [0, 0.1) is 6.92 Å². The molecular formula is C15H25N5S. The van der Waals surface area contributed by atoms with Crippen LogP contribution >= 0.6 is 11.3 Å². The lowest BCUT2D eigenvalue weighted by Gasteiger charge is -2.25. The summed E-state index contributed by atoms with van der Waals surface area (Å²) >= 11 is 1.75. The highest BCUT2D eigenvalue weighted by molar-refractivity contribution is 7.11. The number of rotatable bonds is 3. The van der Waals surface area contributed by atoms with Crippen LogP contribution in [0.5, 0.6) is 0 Å². The van der Waals surface area contributed by atoms with E-state index in [2.05, 4.69) is 32.0 Å². The molecule has 0 amide bonds. The fourth-order valence-electron chi connectivity index (χ4n) is 3.31. The van der Waals surface area contributed by atoms with Crippen molar-refractivity contribution in [3.63, 3.8) is 0 Å². The summed E-state index contributed by atoms with van der Waals surface area (Å²) in [6, 6.07) is 0.716.